The highest BCUT2D eigenvalue weighted by Gasteiger charge is 2.22. The second-order valence-corrected chi connectivity index (χ2v) is 5.52. The number of rotatable bonds is 5. The summed E-state index contributed by atoms with van der Waals surface area (Å²) in [5.74, 6) is -0.230. The molecule has 5 heteroatoms. The van der Waals surface area contributed by atoms with Gasteiger partial charge in [0.25, 0.3) is 0 Å². The van der Waals surface area contributed by atoms with Gasteiger partial charge in [0, 0.05) is 18.3 Å². The number of likely N-dealkylation sites (N-methyl/N-ethyl adjacent to an activating group) is 1. The summed E-state index contributed by atoms with van der Waals surface area (Å²) in [5, 5.41) is 5.60. The molecule has 0 bridgehead atoms. The summed E-state index contributed by atoms with van der Waals surface area (Å²) >= 11 is 0. The predicted octanol–water partition coefficient (Wildman–Crippen LogP) is 2.89. The molecule has 1 unspecified atom stereocenters. The Kier molecular flexibility index (Phi) is 5.49. The molecule has 2 aromatic rings. The van der Waals surface area contributed by atoms with Crippen LogP contribution in [0.2, 0.25) is 0 Å². The predicted molar refractivity (Wildman–Crippen MR) is 92.2 cm³/mol. The summed E-state index contributed by atoms with van der Waals surface area (Å²) in [7, 11) is 3.74. The number of hydrogen-bond acceptors (Lipinski definition) is 3. The summed E-state index contributed by atoms with van der Waals surface area (Å²) in [4.78, 5) is 25.5. The lowest BCUT2D eigenvalue weighted by atomic mass is 10.1. The number of anilines is 2. The lowest BCUT2D eigenvalue weighted by molar-refractivity contribution is -0.120. The Bertz CT molecular complexity index is 666. The summed E-state index contributed by atoms with van der Waals surface area (Å²) in [5.41, 5.74) is 2.32. The van der Waals surface area contributed by atoms with Gasteiger partial charge in [-0.25, -0.2) is 0 Å². The Morgan fingerprint density at radius 1 is 0.870 bits per heavy atom. The van der Waals surface area contributed by atoms with E-state index in [0.29, 0.717) is 11.4 Å². The Morgan fingerprint density at radius 3 is 1.87 bits per heavy atom. The first-order chi connectivity index (χ1) is 11.0. The van der Waals surface area contributed by atoms with Crippen molar-refractivity contribution >= 4 is 23.2 Å². The molecule has 2 N–H and O–H groups in total. The third-order valence-electron chi connectivity index (χ3n) is 3.35. The molecule has 23 heavy (non-hydrogen) atoms. The van der Waals surface area contributed by atoms with Crippen LogP contribution >= 0.6 is 0 Å². The Labute approximate surface area is 136 Å². The second kappa shape index (κ2) is 7.56. The zero-order chi connectivity index (χ0) is 16.8. The van der Waals surface area contributed by atoms with E-state index in [9.17, 15) is 9.59 Å². The maximum atomic E-state index is 12.6. The highest BCUT2D eigenvalue weighted by molar-refractivity contribution is 5.96. The van der Waals surface area contributed by atoms with Crippen molar-refractivity contribution in [2.24, 2.45) is 0 Å². The van der Waals surface area contributed by atoms with Gasteiger partial charge in [0.2, 0.25) is 11.8 Å². The highest BCUT2D eigenvalue weighted by atomic mass is 16.2. The van der Waals surface area contributed by atoms with Crippen LogP contribution in [-0.2, 0) is 9.59 Å². The van der Waals surface area contributed by atoms with Crippen molar-refractivity contribution in [3.05, 3.63) is 60.2 Å². The van der Waals surface area contributed by atoms with Crippen molar-refractivity contribution < 1.29 is 9.59 Å². The van der Waals surface area contributed by atoms with Crippen molar-refractivity contribution in [1.82, 2.24) is 4.90 Å². The monoisotopic (exact) mass is 311 g/mol. The van der Waals surface area contributed by atoms with Crippen LogP contribution in [0.25, 0.3) is 0 Å². The summed E-state index contributed by atoms with van der Waals surface area (Å²) in [6, 6.07) is 16.3. The van der Waals surface area contributed by atoms with Crippen LogP contribution in [0.5, 0.6) is 0 Å². The van der Waals surface area contributed by atoms with Crippen LogP contribution in [0.15, 0.2) is 54.6 Å². The number of nitrogens with one attached hydrogen (secondary N) is 2. The van der Waals surface area contributed by atoms with Crippen LogP contribution in [0.1, 0.15) is 18.5 Å². The molecule has 0 fully saturated rings. The average Bonchev–Trinajstić information content (AvgIpc) is 2.49. The molecule has 0 saturated heterocycles. The van der Waals surface area contributed by atoms with Gasteiger partial charge in [-0.15, -0.1) is 0 Å². The van der Waals surface area contributed by atoms with Gasteiger partial charge in [-0.3, -0.25) is 14.5 Å². The molecular formula is C18H21N3O2. The minimum absolute atomic E-state index is 0.103. The van der Waals surface area contributed by atoms with E-state index in [-0.39, 0.29) is 17.9 Å². The van der Waals surface area contributed by atoms with Gasteiger partial charge >= 0.3 is 0 Å². The van der Waals surface area contributed by atoms with E-state index in [2.05, 4.69) is 10.6 Å². The molecule has 5 nitrogen and oxygen atoms in total. The highest BCUT2D eigenvalue weighted by Crippen LogP contribution is 2.21. The van der Waals surface area contributed by atoms with Crippen LogP contribution < -0.4 is 10.6 Å². The molecule has 0 heterocycles. The Balaban J connectivity index is 2.11. The maximum absolute atomic E-state index is 12.6. The smallest absolute Gasteiger partial charge is 0.246 e. The fraction of sp³-hybridized carbons (Fsp3) is 0.222. The van der Waals surface area contributed by atoms with Crippen molar-refractivity contribution in [3.63, 3.8) is 0 Å². The third kappa shape index (κ3) is 4.66. The van der Waals surface area contributed by atoms with Crippen molar-refractivity contribution in [1.29, 1.82) is 0 Å². The van der Waals surface area contributed by atoms with Crippen LogP contribution in [0, 0.1) is 0 Å². The minimum Gasteiger partial charge on any atom is -0.326 e. The first kappa shape index (κ1) is 16.7. The SMILES string of the molecule is CC(=O)Nc1ccc(NC(=O)C(c2ccccc2)N(C)C)cc1. The number of carbonyl (C=O) groups is 2. The van der Waals surface area contributed by atoms with E-state index in [4.69, 9.17) is 0 Å². The van der Waals surface area contributed by atoms with Gasteiger partial charge in [0.05, 0.1) is 0 Å². The van der Waals surface area contributed by atoms with Gasteiger partial charge in [0.1, 0.15) is 6.04 Å². The van der Waals surface area contributed by atoms with E-state index < -0.39 is 0 Å². The first-order valence-corrected chi connectivity index (χ1v) is 7.37. The second-order valence-electron chi connectivity index (χ2n) is 5.52. The molecular weight excluding hydrogens is 290 g/mol. The topological polar surface area (TPSA) is 61.4 Å². The van der Waals surface area contributed by atoms with Gasteiger partial charge in [-0.2, -0.15) is 0 Å². The zero-order valence-corrected chi connectivity index (χ0v) is 13.5. The number of hydrogen-bond donors (Lipinski definition) is 2. The van der Waals surface area contributed by atoms with E-state index in [1.165, 1.54) is 6.92 Å². The average molecular weight is 311 g/mol. The van der Waals surface area contributed by atoms with Crippen molar-refractivity contribution in [3.8, 4) is 0 Å². The molecule has 0 spiro atoms. The largest absolute Gasteiger partial charge is 0.326 e. The van der Waals surface area contributed by atoms with E-state index in [1.54, 1.807) is 24.3 Å². The molecule has 0 aliphatic carbocycles. The van der Waals surface area contributed by atoms with E-state index >= 15 is 0 Å². The first-order valence-electron chi connectivity index (χ1n) is 7.37. The molecule has 0 aliphatic heterocycles. The van der Waals surface area contributed by atoms with Crippen LogP contribution in [0.3, 0.4) is 0 Å². The molecule has 2 aromatic carbocycles. The Hall–Kier alpha value is -2.66. The molecule has 0 saturated carbocycles. The lowest BCUT2D eigenvalue weighted by Crippen LogP contribution is -2.32. The number of amides is 2. The third-order valence-corrected chi connectivity index (χ3v) is 3.35. The van der Waals surface area contributed by atoms with Gasteiger partial charge in [-0.1, -0.05) is 30.3 Å². The quantitative estimate of drug-likeness (QED) is 0.892. The van der Waals surface area contributed by atoms with E-state index in [0.717, 1.165) is 5.56 Å². The van der Waals surface area contributed by atoms with Gasteiger partial charge in [0.15, 0.2) is 0 Å². The minimum atomic E-state index is -0.369. The lowest BCUT2D eigenvalue weighted by Gasteiger charge is -2.23. The fourth-order valence-corrected chi connectivity index (χ4v) is 2.37. The van der Waals surface area contributed by atoms with Crippen molar-refractivity contribution in [2.75, 3.05) is 24.7 Å². The molecule has 0 aromatic heterocycles. The molecule has 2 rings (SSSR count). The molecule has 120 valence electrons. The van der Waals surface area contributed by atoms with Gasteiger partial charge < -0.3 is 10.6 Å². The number of nitrogens with zero attached hydrogens (tertiary/aromatic N) is 1. The summed E-state index contributed by atoms with van der Waals surface area (Å²) in [6.07, 6.45) is 0. The molecule has 2 amide bonds. The van der Waals surface area contributed by atoms with Crippen LogP contribution in [-0.4, -0.2) is 30.8 Å². The van der Waals surface area contributed by atoms with Crippen molar-refractivity contribution in [2.45, 2.75) is 13.0 Å². The summed E-state index contributed by atoms with van der Waals surface area (Å²) < 4.78 is 0. The molecule has 1 atom stereocenters. The standard InChI is InChI=1S/C18H21N3O2/c1-13(22)19-15-9-11-16(12-10-15)20-18(23)17(21(2)3)14-7-5-4-6-8-14/h4-12,17H,1-3H3,(H,19,22)(H,20,23). The normalized spacial score (nSPS) is 11.8. The molecule has 0 aliphatic rings. The Morgan fingerprint density at radius 2 is 1.39 bits per heavy atom. The zero-order valence-electron chi connectivity index (χ0n) is 13.5. The maximum Gasteiger partial charge on any atom is 0.246 e. The summed E-state index contributed by atoms with van der Waals surface area (Å²) in [6.45, 7) is 1.46. The van der Waals surface area contributed by atoms with E-state index in [1.807, 2.05) is 49.3 Å². The van der Waals surface area contributed by atoms with Gasteiger partial charge in [-0.05, 0) is 43.9 Å². The van der Waals surface area contributed by atoms with Crippen LogP contribution in [0.4, 0.5) is 11.4 Å². The fourth-order valence-electron chi connectivity index (χ4n) is 2.37. The number of benzene rings is 2. The number of carbonyl (C=O) groups excluding carboxylic acids is 2. The molecule has 0 radical (unpaired) electrons.